The number of carbonyl (C=O) groups excluding carboxylic acids is 1. The van der Waals surface area contributed by atoms with E-state index in [9.17, 15) is 48.7 Å². The van der Waals surface area contributed by atoms with E-state index in [1.807, 2.05) is 60.7 Å². The topological polar surface area (TPSA) is 54.0 Å². The van der Waals surface area contributed by atoms with Gasteiger partial charge in [0.1, 0.15) is 6.10 Å². The lowest BCUT2D eigenvalue weighted by atomic mass is 9.98. The fourth-order valence-electron chi connectivity index (χ4n) is 12.7. The molecule has 3 rings (SSSR count). The van der Waals surface area contributed by atoms with Gasteiger partial charge in [-0.05, 0) is 75.3 Å². The third-order valence-corrected chi connectivity index (χ3v) is 34.4. The van der Waals surface area contributed by atoms with Gasteiger partial charge in [0.25, 0.3) is 8.32 Å². The van der Waals surface area contributed by atoms with Crippen molar-refractivity contribution in [3.8, 4) is 0 Å². The minimum absolute atomic E-state index is 0.0302. The summed E-state index contributed by atoms with van der Waals surface area (Å²) in [6.07, 6.45) is -4.64. The van der Waals surface area contributed by atoms with E-state index in [0.29, 0.717) is 6.42 Å². The van der Waals surface area contributed by atoms with E-state index in [4.69, 9.17) is 18.0 Å². The van der Waals surface area contributed by atoms with Crippen molar-refractivity contribution in [2.24, 2.45) is 0 Å². The lowest BCUT2D eigenvalue weighted by Crippen LogP contribution is -2.67. The average Bonchev–Trinajstić information content (AvgIpc) is 0.840. The maximum Gasteiger partial charge on any atom is 0.459 e. The number of hydrogen-bond acceptors (Lipinski definition) is 5. The number of rotatable bonds is 40. The molecule has 0 saturated heterocycles. The number of esters is 1. The molecule has 0 spiro atoms. The molecule has 0 unspecified atom stereocenters. The molecule has 0 radical (unpaired) electrons. The minimum atomic E-state index is -6.59. The highest BCUT2D eigenvalue weighted by atomic mass is 28.4. The van der Waals surface area contributed by atoms with Crippen LogP contribution >= 0.6 is 0 Å². The largest absolute Gasteiger partial charge is 0.459 e. The van der Waals surface area contributed by atoms with E-state index in [1.54, 1.807) is 55.4 Å². The summed E-state index contributed by atoms with van der Waals surface area (Å²) in [6.45, 7) is 21.4. The standard InChI is InChI=1S/C64H100F14O5Si3/c1-13-14-15-16-17-18-19-20-21-22-23-26-32-51(83-86(58(10,11)12,55-34-27-24-28-35-55)56-36-29-25-30-37-56)39-40-53(81-84(47(2)3,48(4)5)43-41-59(65,66)61(69,70)63(73,74)75)46-54(45-52-33-31-38-57(79)80-52)82-85(49(6)7,50(8)9)44-42-60(67,68)62(71,72)64(76,77)78/h24-25,27-31,34-38,47-54H,13-23,26,32-33,39-46H2,1-12H3/t51-,52-,53-,54+/m1/s1. The summed E-state index contributed by atoms with van der Waals surface area (Å²) >= 11 is 0. The molecular weight excluding hydrogens is 1200 g/mol. The zero-order chi connectivity index (χ0) is 65.2. The highest BCUT2D eigenvalue weighted by molar-refractivity contribution is 6.99. The van der Waals surface area contributed by atoms with Gasteiger partial charge in [0.15, 0.2) is 16.6 Å². The Kier molecular flexibility index (Phi) is 29.7. The van der Waals surface area contributed by atoms with Crippen molar-refractivity contribution in [3.63, 3.8) is 0 Å². The first-order valence-electron chi connectivity index (χ1n) is 31.4. The molecule has 0 aliphatic carbocycles. The predicted molar refractivity (Wildman–Crippen MR) is 323 cm³/mol. The Balaban J connectivity index is 2.34. The van der Waals surface area contributed by atoms with Crippen molar-refractivity contribution in [1.29, 1.82) is 0 Å². The summed E-state index contributed by atoms with van der Waals surface area (Å²) < 4.78 is 230. The molecule has 1 heterocycles. The Morgan fingerprint density at radius 2 is 0.872 bits per heavy atom. The van der Waals surface area contributed by atoms with E-state index >= 15 is 17.6 Å². The van der Waals surface area contributed by atoms with Crippen molar-refractivity contribution in [1.82, 2.24) is 0 Å². The number of hydrogen-bond donors (Lipinski definition) is 0. The van der Waals surface area contributed by atoms with Gasteiger partial charge in [0.2, 0.25) is 0 Å². The monoisotopic (exact) mass is 1300 g/mol. The van der Waals surface area contributed by atoms with Crippen LogP contribution in [-0.2, 0) is 22.8 Å². The second-order valence-electron chi connectivity index (χ2n) is 26.4. The van der Waals surface area contributed by atoms with Crippen LogP contribution in [0.1, 0.15) is 212 Å². The Hall–Kier alpha value is -2.80. The molecule has 0 fully saturated rings. The number of cyclic esters (lactones) is 1. The highest BCUT2D eigenvalue weighted by Gasteiger charge is 2.74. The van der Waals surface area contributed by atoms with Gasteiger partial charge < -0.3 is 18.0 Å². The van der Waals surface area contributed by atoms with Crippen molar-refractivity contribution >= 4 is 41.3 Å². The van der Waals surface area contributed by atoms with Crippen molar-refractivity contribution < 1.29 is 84.3 Å². The van der Waals surface area contributed by atoms with Gasteiger partial charge in [-0.15, -0.1) is 0 Å². The summed E-state index contributed by atoms with van der Waals surface area (Å²) in [5, 5.41) is 1.43. The predicted octanol–water partition coefficient (Wildman–Crippen LogP) is 21.2. The zero-order valence-electron chi connectivity index (χ0n) is 52.9. The van der Waals surface area contributed by atoms with Crippen molar-refractivity contribution in [2.75, 3.05) is 0 Å². The van der Waals surface area contributed by atoms with Gasteiger partial charge >= 0.3 is 42.0 Å². The molecule has 1 aliphatic heterocycles. The Labute approximate surface area is 507 Å². The molecule has 86 heavy (non-hydrogen) atoms. The smallest absolute Gasteiger partial charge is 0.459 e. The van der Waals surface area contributed by atoms with Crippen LogP contribution in [0.15, 0.2) is 72.8 Å². The molecule has 4 atom stereocenters. The Morgan fingerprint density at radius 1 is 0.500 bits per heavy atom. The molecule has 2 aromatic rings. The van der Waals surface area contributed by atoms with Gasteiger partial charge in [-0.2, -0.15) is 61.5 Å². The third-order valence-electron chi connectivity index (χ3n) is 17.9. The van der Waals surface area contributed by atoms with Crippen LogP contribution in [0.25, 0.3) is 0 Å². The van der Waals surface area contributed by atoms with Crippen LogP contribution in [0.5, 0.6) is 0 Å². The fraction of sp³-hybridized carbons (Fsp3) is 0.766. The van der Waals surface area contributed by atoms with Gasteiger partial charge in [0.05, 0.1) is 6.10 Å². The summed E-state index contributed by atoms with van der Waals surface area (Å²) in [4.78, 5) is 12.8. The summed E-state index contributed by atoms with van der Waals surface area (Å²) in [7, 11) is -11.4. The van der Waals surface area contributed by atoms with E-state index < -0.39 is 144 Å². The van der Waals surface area contributed by atoms with Crippen molar-refractivity contribution in [3.05, 3.63) is 72.8 Å². The van der Waals surface area contributed by atoms with E-state index in [2.05, 4.69) is 27.7 Å². The average molecular weight is 1300 g/mol. The number of benzene rings is 2. The van der Waals surface area contributed by atoms with Crippen LogP contribution in [0, 0.1) is 0 Å². The molecule has 1 aliphatic rings. The Morgan fingerprint density at radius 3 is 1.23 bits per heavy atom. The van der Waals surface area contributed by atoms with Crippen LogP contribution in [-0.4, -0.2) is 91.4 Å². The molecule has 5 nitrogen and oxygen atoms in total. The minimum Gasteiger partial charge on any atom is -0.459 e. The number of ether oxygens (including phenoxy) is 1. The number of alkyl halides is 14. The number of halogens is 14. The molecule has 0 saturated carbocycles. The van der Waals surface area contributed by atoms with Gasteiger partial charge in [-0.1, -0.05) is 227 Å². The molecule has 0 bridgehead atoms. The quantitative estimate of drug-likeness (QED) is 0.0288. The van der Waals surface area contributed by atoms with Gasteiger partial charge in [0, 0.05) is 44.0 Å². The molecule has 22 heteroatoms. The summed E-state index contributed by atoms with van der Waals surface area (Å²) in [5.74, 6) is -24.7. The molecule has 0 N–H and O–H groups in total. The normalized spacial score (nSPS) is 16.9. The molecule has 2 aromatic carbocycles. The van der Waals surface area contributed by atoms with Gasteiger partial charge in [-0.3, -0.25) is 0 Å². The SMILES string of the molecule is CCCCCCCCCCCCCC[C@H](CC[C@H](C[C@H](C[C@H]1CC=CC(=O)O1)O[Si](CCC(F)(F)C(F)(F)C(F)(F)F)(C(C)C)C(C)C)O[Si](CCC(F)(F)C(F)(F)C(F)(F)F)(C(C)C)C(C)C)O[Si](c1ccccc1)(c1ccccc1)C(C)(C)C. The summed E-state index contributed by atoms with van der Waals surface area (Å²) in [5.41, 5.74) is -2.84. The molecule has 496 valence electrons. The molecule has 0 amide bonds. The third kappa shape index (κ3) is 20.4. The van der Waals surface area contributed by atoms with Crippen LogP contribution in [0.2, 0.25) is 39.3 Å². The van der Waals surface area contributed by atoms with Crippen LogP contribution in [0.3, 0.4) is 0 Å². The summed E-state index contributed by atoms with van der Waals surface area (Å²) in [6, 6.07) is 18.0. The number of carbonyl (C=O) groups is 1. The van der Waals surface area contributed by atoms with E-state index in [0.717, 1.165) is 48.9 Å². The number of unbranched alkanes of at least 4 members (excludes halogenated alkanes) is 11. The second-order valence-corrected chi connectivity index (χ2v) is 40.6. The van der Waals surface area contributed by atoms with E-state index in [-0.39, 0.29) is 32.1 Å². The van der Waals surface area contributed by atoms with E-state index in [1.165, 1.54) is 50.7 Å². The fourth-order valence-corrected chi connectivity index (χ4v) is 26.8. The first-order chi connectivity index (χ1) is 39.7. The maximum absolute atomic E-state index is 15.6. The first kappa shape index (κ1) is 77.4. The first-order valence-corrected chi connectivity index (χ1v) is 37.8. The van der Waals surface area contributed by atoms with Crippen molar-refractivity contribution in [2.45, 2.75) is 311 Å². The lowest BCUT2D eigenvalue weighted by Gasteiger charge is -2.47. The second kappa shape index (κ2) is 33.0. The van der Waals surface area contributed by atoms with Gasteiger partial charge in [-0.25, -0.2) is 4.79 Å². The van der Waals surface area contributed by atoms with Crippen LogP contribution in [0.4, 0.5) is 61.5 Å². The lowest BCUT2D eigenvalue weighted by molar-refractivity contribution is -0.355. The molecule has 0 aromatic heterocycles. The Bertz CT molecular complexity index is 2240. The maximum atomic E-state index is 15.6. The molecular formula is C64H100F14O5Si3. The highest BCUT2D eigenvalue weighted by Crippen LogP contribution is 2.53. The van der Waals surface area contributed by atoms with Crippen LogP contribution < -0.4 is 10.4 Å². The zero-order valence-corrected chi connectivity index (χ0v) is 55.9.